The van der Waals surface area contributed by atoms with Crippen LogP contribution in [0.25, 0.3) is 22.2 Å². The second-order valence-electron chi connectivity index (χ2n) is 5.88. The zero-order valence-corrected chi connectivity index (χ0v) is 14.2. The van der Waals surface area contributed by atoms with E-state index in [2.05, 4.69) is 4.98 Å². The molecule has 4 nitrogen and oxygen atoms in total. The fourth-order valence-corrected chi connectivity index (χ4v) is 3.28. The van der Waals surface area contributed by atoms with Crippen LogP contribution < -0.4 is 5.73 Å². The Kier molecular flexibility index (Phi) is 5.06. The summed E-state index contributed by atoms with van der Waals surface area (Å²) in [6, 6.07) is 9.18. The fourth-order valence-electron chi connectivity index (χ4n) is 3.08. The Bertz CT molecular complexity index is 919. The first-order valence-electron chi connectivity index (χ1n) is 8.05. The molecule has 0 aliphatic rings. The molecule has 130 valence electrons. The molecule has 0 aliphatic heterocycles. The molecule has 2 aromatic carbocycles. The third kappa shape index (κ3) is 3.38. The zero-order valence-electron chi connectivity index (χ0n) is 13.5. The van der Waals surface area contributed by atoms with Gasteiger partial charge in [-0.1, -0.05) is 11.6 Å². The van der Waals surface area contributed by atoms with Crippen LogP contribution in [0, 0.1) is 5.82 Å². The number of carboxylic acids is 1. The lowest BCUT2D eigenvalue weighted by Gasteiger charge is -2.07. The van der Waals surface area contributed by atoms with Gasteiger partial charge in [0, 0.05) is 11.1 Å². The average molecular weight is 361 g/mol. The molecule has 0 spiro atoms. The van der Waals surface area contributed by atoms with Crippen LogP contribution in [-0.4, -0.2) is 22.6 Å². The summed E-state index contributed by atoms with van der Waals surface area (Å²) in [7, 11) is 0. The van der Waals surface area contributed by atoms with Crippen molar-refractivity contribution in [3.8, 4) is 11.3 Å². The summed E-state index contributed by atoms with van der Waals surface area (Å²) < 4.78 is 13.3. The van der Waals surface area contributed by atoms with Gasteiger partial charge in [0.15, 0.2) is 0 Å². The van der Waals surface area contributed by atoms with Gasteiger partial charge in [0.05, 0.1) is 16.1 Å². The SMILES string of the molecule is NCCCCc1c(-c2ccc(F)cc2)[nH]c2c(Cl)ccc(C(=O)O)c12. The second kappa shape index (κ2) is 7.25. The van der Waals surface area contributed by atoms with Gasteiger partial charge in [-0.15, -0.1) is 0 Å². The molecule has 0 atom stereocenters. The molecule has 0 amide bonds. The van der Waals surface area contributed by atoms with Crippen molar-refractivity contribution in [2.45, 2.75) is 19.3 Å². The molecule has 0 unspecified atom stereocenters. The van der Waals surface area contributed by atoms with E-state index < -0.39 is 5.97 Å². The van der Waals surface area contributed by atoms with Gasteiger partial charge in [-0.05, 0) is 73.3 Å². The number of H-pyrrole nitrogens is 1. The normalized spacial score (nSPS) is 11.2. The predicted molar refractivity (Wildman–Crippen MR) is 97.7 cm³/mol. The summed E-state index contributed by atoms with van der Waals surface area (Å²) >= 11 is 6.29. The summed E-state index contributed by atoms with van der Waals surface area (Å²) in [5, 5.41) is 10.6. The van der Waals surface area contributed by atoms with E-state index in [1.807, 2.05) is 0 Å². The number of fused-ring (bicyclic) bond motifs is 1. The quantitative estimate of drug-likeness (QED) is 0.562. The first-order chi connectivity index (χ1) is 12.0. The van der Waals surface area contributed by atoms with Gasteiger partial charge >= 0.3 is 5.97 Å². The van der Waals surface area contributed by atoms with Crippen LogP contribution >= 0.6 is 11.6 Å². The lowest BCUT2D eigenvalue weighted by molar-refractivity contribution is 0.0699. The van der Waals surface area contributed by atoms with E-state index in [0.29, 0.717) is 28.9 Å². The van der Waals surface area contributed by atoms with Gasteiger partial charge in [-0.2, -0.15) is 0 Å². The molecular weight excluding hydrogens is 343 g/mol. The molecule has 25 heavy (non-hydrogen) atoms. The topological polar surface area (TPSA) is 79.1 Å². The second-order valence-corrected chi connectivity index (χ2v) is 6.29. The molecule has 1 heterocycles. The number of aromatic amines is 1. The maximum atomic E-state index is 13.3. The Morgan fingerprint density at radius 2 is 1.88 bits per heavy atom. The summed E-state index contributed by atoms with van der Waals surface area (Å²) in [4.78, 5) is 14.9. The molecular formula is C19H18ClFN2O2. The van der Waals surface area contributed by atoms with Crippen LogP contribution in [-0.2, 0) is 6.42 Å². The first kappa shape index (κ1) is 17.5. The molecule has 0 radical (unpaired) electrons. The number of benzene rings is 2. The van der Waals surface area contributed by atoms with Crippen molar-refractivity contribution in [3.05, 3.63) is 58.4 Å². The summed E-state index contributed by atoms with van der Waals surface area (Å²) in [5.74, 6) is -1.33. The summed E-state index contributed by atoms with van der Waals surface area (Å²) in [5.41, 5.74) is 8.79. The highest BCUT2D eigenvalue weighted by atomic mass is 35.5. The van der Waals surface area contributed by atoms with E-state index in [4.69, 9.17) is 17.3 Å². The van der Waals surface area contributed by atoms with Crippen molar-refractivity contribution in [2.24, 2.45) is 5.73 Å². The number of aromatic nitrogens is 1. The highest BCUT2D eigenvalue weighted by molar-refractivity contribution is 6.36. The molecule has 3 rings (SSSR count). The number of nitrogens with two attached hydrogens (primary N) is 1. The first-order valence-corrected chi connectivity index (χ1v) is 8.43. The molecule has 0 saturated carbocycles. The highest BCUT2D eigenvalue weighted by Crippen LogP contribution is 2.37. The van der Waals surface area contributed by atoms with Crippen molar-refractivity contribution in [1.82, 2.24) is 4.98 Å². The maximum absolute atomic E-state index is 13.3. The predicted octanol–water partition coefficient (Wildman–Crippen LogP) is 4.61. The molecule has 1 aromatic heterocycles. The lowest BCUT2D eigenvalue weighted by atomic mass is 9.97. The van der Waals surface area contributed by atoms with E-state index in [-0.39, 0.29) is 11.4 Å². The maximum Gasteiger partial charge on any atom is 0.336 e. The van der Waals surface area contributed by atoms with Gasteiger partial charge in [0.25, 0.3) is 0 Å². The van der Waals surface area contributed by atoms with E-state index in [1.54, 1.807) is 18.2 Å². The summed E-state index contributed by atoms with van der Waals surface area (Å²) in [6.07, 6.45) is 2.31. The van der Waals surface area contributed by atoms with E-state index in [9.17, 15) is 14.3 Å². The van der Waals surface area contributed by atoms with E-state index in [0.717, 1.165) is 29.7 Å². The number of carbonyl (C=O) groups is 1. The fraction of sp³-hybridized carbons (Fsp3) is 0.211. The number of halogens is 2. The smallest absolute Gasteiger partial charge is 0.336 e. The van der Waals surface area contributed by atoms with Crippen molar-refractivity contribution in [2.75, 3.05) is 6.54 Å². The van der Waals surface area contributed by atoms with Gasteiger partial charge in [0.1, 0.15) is 5.82 Å². The average Bonchev–Trinajstić information content (AvgIpc) is 2.96. The number of aryl methyl sites for hydroxylation is 1. The Hall–Kier alpha value is -2.37. The number of unbranched alkanes of at least 4 members (excludes halogenated alkanes) is 1. The number of hydrogen-bond acceptors (Lipinski definition) is 2. The monoisotopic (exact) mass is 360 g/mol. The Balaban J connectivity index is 2.26. The van der Waals surface area contributed by atoms with Crippen molar-refractivity contribution in [3.63, 3.8) is 0 Å². The molecule has 0 bridgehead atoms. The van der Waals surface area contributed by atoms with Gasteiger partial charge in [0.2, 0.25) is 0 Å². The number of aromatic carboxylic acids is 1. The van der Waals surface area contributed by atoms with Crippen molar-refractivity contribution < 1.29 is 14.3 Å². The zero-order chi connectivity index (χ0) is 18.0. The minimum atomic E-state index is -1.01. The Morgan fingerprint density at radius 1 is 1.16 bits per heavy atom. The number of hydrogen-bond donors (Lipinski definition) is 3. The number of nitrogens with one attached hydrogen (secondary N) is 1. The van der Waals surface area contributed by atoms with Crippen molar-refractivity contribution >= 4 is 28.5 Å². The Morgan fingerprint density at radius 3 is 2.52 bits per heavy atom. The number of carboxylic acid groups (broad SMARTS) is 1. The lowest BCUT2D eigenvalue weighted by Crippen LogP contribution is -2.01. The Labute approximate surface area is 149 Å². The molecule has 0 fully saturated rings. The summed E-state index contributed by atoms with van der Waals surface area (Å²) in [6.45, 7) is 0.570. The van der Waals surface area contributed by atoms with Gasteiger partial charge < -0.3 is 15.8 Å². The van der Waals surface area contributed by atoms with E-state index >= 15 is 0 Å². The van der Waals surface area contributed by atoms with Crippen LogP contribution in [0.1, 0.15) is 28.8 Å². The molecule has 4 N–H and O–H groups in total. The standard InChI is InChI=1S/C19H18ClFN2O2/c20-15-9-8-14(19(24)25)16-13(3-1-2-10-22)17(23-18(15)16)11-4-6-12(21)7-5-11/h4-9,23H,1-3,10,22H2,(H,24,25). The molecule has 3 aromatic rings. The van der Waals surface area contributed by atoms with Crippen LogP contribution in [0.4, 0.5) is 4.39 Å². The van der Waals surface area contributed by atoms with Gasteiger partial charge in [-0.3, -0.25) is 0 Å². The van der Waals surface area contributed by atoms with Crippen LogP contribution in [0.3, 0.4) is 0 Å². The minimum Gasteiger partial charge on any atom is -0.478 e. The van der Waals surface area contributed by atoms with Crippen molar-refractivity contribution in [1.29, 1.82) is 0 Å². The largest absolute Gasteiger partial charge is 0.478 e. The third-order valence-corrected chi connectivity index (χ3v) is 4.57. The molecule has 0 saturated heterocycles. The molecule has 6 heteroatoms. The third-order valence-electron chi connectivity index (χ3n) is 4.25. The highest BCUT2D eigenvalue weighted by Gasteiger charge is 2.20. The van der Waals surface area contributed by atoms with Crippen LogP contribution in [0.2, 0.25) is 5.02 Å². The van der Waals surface area contributed by atoms with Gasteiger partial charge in [-0.25, -0.2) is 9.18 Å². The van der Waals surface area contributed by atoms with Crippen LogP contribution in [0.5, 0.6) is 0 Å². The minimum absolute atomic E-state index is 0.201. The van der Waals surface area contributed by atoms with E-state index in [1.165, 1.54) is 18.2 Å². The van der Waals surface area contributed by atoms with Crippen LogP contribution in [0.15, 0.2) is 36.4 Å². The molecule has 0 aliphatic carbocycles. The number of rotatable bonds is 6.